The molecule has 2 saturated heterocycles. The van der Waals surface area contributed by atoms with Crippen LogP contribution in [0.25, 0.3) is 11.0 Å². The monoisotopic (exact) mass is 689 g/mol. The molecular weight excluding hydrogens is 642 g/mol. The number of hydrogen-bond acceptors (Lipinski definition) is 9. The van der Waals surface area contributed by atoms with Crippen molar-refractivity contribution in [1.29, 1.82) is 5.26 Å². The van der Waals surface area contributed by atoms with E-state index in [9.17, 15) is 14.9 Å². The number of amides is 2. The summed E-state index contributed by atoms with van der Waals surface area (Å²) in [4.78, 5) is 38.6. The average molecular weight is 690 g/mol. The molecule has 4 heterocycles. The molecule has 2 aromatic carbocycles. The second-order valence-corrected chi connectivity index (χ2v) is 14.6. The van der Waals surface area contributed by atoms with E-state index in [1.807, 2.05) is 52.1 Å². The molecule has 2 fully saturated rings. The largest absolute Gasteiger partial charge is 0.444 e. The summed E-state index contributed by atoms with van der Waals surface area (Å²) in [6.45, 7) is 12.0. The molecule has 6 rings (SSSR count). The number of nitrogens with zero attached hydrogens (tertiary/aromatic N) is 7. The number of allylic oxidation sites excluding steroid dienone is 1. The van der Waals surface area contributed by atoms with E-state index in [4.69, 9.17) is 9.72 Å². The Balaban J connectivity index is 1.02. The zero-order chi connectivity index (χ0) is 36.3. The summed E-state index contributed by atoms with van der Waals surface area (Å²) in [5.41, 5.74) is 5.78. The Labute approximate surface area is 299 Å². The van der Waals surface area contributed by atoms with E-state index in [1.165, 1.54) is 5.56 Å². The highest BCUT2D eigenvalue weighted by molar-refractivity contribution is 5.97. The molecule has 266 valence electrons. The highest BCUT2D eigenvalue weighted by Crippen LogP contribution is 2.32. The van der Waals surface area contributed by atoms with Gasteiger partial charge in [0.05, 0.1) is 5.39 Å². The minimum absolute atomic E-state index is 0.0752. The predicted molar refractivity (Wildman–Crippen MR) is 198 cm³/mol. The van der Waals surface area contributed by atoms with Gasteiger partial charge in [-0.15, -0.1) is 0 Å². The van der Waals surface area contributed by atoms with Crippen LogP contribution in [0.1, 0.15) is 69.1 Å². The molecule has 51 heavy (non-hydrogen) atoms. The molecule has 0 bridgehead atoms. The Morgan fingerprint density at radius 2 is 1.59 bits per heavy atom. The number of likely N-dealkylation sites (tertiary alicyclic amines) is 2. The number of carbonyl (C=O) groups excluding carboxylic acids is 2. The Kier molecular flexibility index (Phi) is 10.3. The molecule has 2 aliphatic heterocycles. The van der Waals surface area contributed by atoms with Gasteiger partial charge in [0.2, 0.25) is 5.95 Å². The quantitative estimate of drug-likeness (QED) is 0.151. The van der Waals surface area contributed by atoms with Crippen LogP contribution in [-0.4, -0.2) is 73.3 Å². The maximum atomic E-state index is 13.3. The number of hydrogen-bond donors (Lipinski definition) is 2. The number of rotatable bonds is 7. The normalized spacial score (nSPS) is 16.2. The SMILES string of the molecule is Cc1cccc(C)c1Nc1nn(C)c2nc(Nc3ccc(C4CCN(C(=O)/C(C#N)=C/C5CCN(C(=O)OC(C)(C)C)CC5)CC4)cc3)ncc12. The second-order valence-electron chi connectivity index (χ2n) is 14.6. The van der Waals surface area contributed by atoms with Crippen molar-refractivity contribution in [1.82, 2.24) is 29.5 Å². The van der Waals surface area contributed by atoms with Crippen LogP contribution in [0.15, 0.2) is 60.3 Å². The van der Waals surface area contributed by atoms with Crippen LogP contribution in [0.5, 0.6) is 0 Å². The van der Waals surface area contributed by atoms with Crippen LogP contribution >= 0.6 is 0 Å². The van der Waals surface area contributed by atoms with Crippen molar-refractivity contribution in [2.24, 2.45) is 13.0 Å². The lowest BCUT2D eigenvalue weighted by Gasteiger charge is -2.33. The molecule has 0 atom stereocenters. The van der Waals surface area contributed by atoms with Crippen molar-refractivity contribution in [3.63, 3.8) is 0 Å². The highest BCUT2D eigenvalue weighted by atomic mass is 16.6. The third-order valence-corrected chi connectivity index (χ3v) is 9.67. The number of aryl methyl sites for hydroxylation is 3. The van der Waals surface area contributed by atoms with Crippen LogP contribution in [-0.2, 0) is 16.6 Å². The third-order valence-electron chi connectivity index (χ3n) is 9.67. The number of benzene rings is 2. The Hall–Kier alpha value is -5.44. The van der Waals surface area contributed by atoms with Gasteiger partial charge in [-0.05, 0) is 101 Å². The molecule has 0 radical (unpaired) electrons. The fourth-order valence-electron chi connectivity index (χ4n) is 6.84. The number of piperidine rings is 2. The first-order valence-corrected chi connectivity index (χ1v) is 17.7. The molecule has 2 N–H and O–H groups in total. The lowest BCUT2D eigenvalue weighted by Crippen LogP contribution is -2.41. The van der Waals surface area contributed by atoms with Crippen molar-refractivity contribution < 1.29 is 14.3 Å². The van der Waals surface area contributed by atoms with Gasteiger partial charge in [0, 0.05) is 50.8 Å². The van der Waals surface area contributed by atoms with Crippen molar-refractivity contribution in [3.05, 3.63) is 77.0 Å². The number of para-hydroxylation sites is 1. The van der Waals surface area contributed by atoms with E-state index in [0.717, 1.165) is 46.4 Å². The number of nitrogens with one attached hydrogen (secondary N) is 2. The Bertz CT molecular complexity index is 1950. The molecule has 2 aliphatic rings. The molecule has 0 aliphatic carbocycles. The molecular formula is C39H47N9O3. The molecule has 0 saturated carbocycles. The number of anilines is 4. The van der Waals surface area contributed by atoms with Crippen molar-refractivity contribution >= 4 is 46.2 Å². The third kappa shape index (κ3) is 8.31. The zero-order valence-electron chi connectivity index (χ0n) is 30.4. The van der Waals surface area contributed by atoms with E-state index in [0.29, 0.717) is 56.7 Å². The van der Waals surface area contributed by atoms with Gasteiger partial charge in [-0.2, -0.15) is 15.3 Å². The molecule has 0 unspecified atom stereocenters. The molecule has 0 spiro atoms. The Morgan fingerprint density at radius 1 is 0.941 bits per heavy atom. The summed E-state index contributed by atoms with van der Waals surface area (Å²) in [5, 5.41) is 22.2. The summed E-state index contributed by atoms with van der Waals surface area (Å²) in [6, 6.07) is 16.6. The number of nitriles is 1. The van der Waals surface area contributed by atoms with E-state index >= 15 is 0 Å². The first-order valence-electron chi connectivity index (χ1n) is 17.7. The lowest BCUT2D eigenvalue weighted by atomic mass is 9.89. The van der Waals surface area contributed by atoms with Crippen LogP contribution in [0.3, 0.4) is 0 Å². The Morgan fingerprint density at radius 3 is 2.22 bits per heavy atom. The van der Waals surface area contributed by atoms with Crippen LogP contribution < -0.4 is 10.6 Å². The van der Waals surface area contributed by atoms with Crippen molar-refractivity contribution in [3.8, 4) is 6.07 Å². The minimum atomic E-state index is -0.541. The molecule has 12 heteroatoms. The van der Waals surface area contributed by atoms with E-state index in [1.54, 1.807) is 20.7 Å². The van der Waals surface area contributed by atoms with Gasteiger partial charge in [0.1, 0.15) is 17.2 Å². The van der Waals surface area contributed by atoms with Crippen molar-refractivity contribution in [2.75, 3.05) is 36.8 Å². The van der Waals surface area contributed by atoms with Crippen LogP contribution in [0, 0.1) is 31.1 Å². The topological polar surface area (TPSA) is 141 Å². The lowest BCUT2D eigenvalue weighted by molar-refractivity contribution is -0.127. The van der Waals surface area contributed by atoms with Crippen molar-refractivity contribution in [2.45, 2.75) is 71.8 Å². The summed E-state index contributed by atoms with van der Waals surface area (Å²) in [7, 11) is 1.87. The number of ether oxygens (including phenoxy) is 1. The van der Waals surface area contributed by atoms with E-state index < -0.39 is 5.60 Å². The van der Waals surface area contributed by atoms with Gasteiger partial charge in [0.15, 0.2) is 11.5 Å². The summed E-state index contributed by atoms with van der Waals surface area (Å²) >= 11 is 0. The maximum Gasteiger partial charge on any atom is 0.410 e. The first kappa shape index (κ1) is 35.4. The summed E-state index contributed by atoms with van der Waals surface area (Å²) in [5.74, 6) is 1.39. The van der Waals surface area contributed by atoms with Gasteiger partial charge in [-0.25, -0.2) is 14.5 Å². The first-order chi connectivity index (χ1) is 24.4. The number of aromatic nitrogens is 4. The van der Waals surface area contributed by atoms with Gasteiger partial charge < -0.3 is 25.2 Å². The van der Waals surface area contributed by atoms with Gasteiger partial charge in [-0.3, -0.25) is 4.79 Å². The highest BCUT2D eigenvalue weighted by Gasteiger charge is 2.29. The maximum absolute atomic E-state index is 13.3. The smallest absolute Gasteiger partial charge is 0.410 e. The average Bonchev–Trinajstić information content (AvgIpc) is 3.42. The molecule has 4 aromatic rings. The zero-order valence-corrected chi connectivity index (χ0v) is 30.4. The second kappa shape index (κ2) is 14.8. The van der Waals surface area contributed by atoms with E-state index in [2.05, 4.69) is 64.9 Å². The summed E-state index contributed by atoms with van der Waals surface area (Å²) in [6.07, 6.45) is 6.32. The fourth-order valence-corrected chi connectivity index (χ4v) is 6.84. The molecule has 2 aromatic heterocycles. The van der Waals surface area contributed by atoms with Gasteiger partial charge >= 0.3 is 6.09 Å². The van der Waals surface area contributed by atoms with Crippen LogP contribution in [0.2, 0.25) is 0 Å². The van der Waals surface area contributed by atoms with Gasteiger partial charge in [-0.1, -0.05) is 36.4 Å². The van der Waals surface area contributed by atoms with E-state index in [-0.39, 0.29) is 23.5 Å². The van der Waals surface area contributed by atoms with Crippen LogP contribution in [0.4, 0.5) is 27.9 Å². The predicted octanol–water partition coefficient (Wildman–Crippen LogP) is 7.27. The molecule has 2 amide bonds. The number of carbonyl (C=O) groups is 2. The molecule has 12 nitrogen and oxygen atoms in total. The number of fused-ring (bicyclic) bond motifs is 1. The van der Waals surface area contributed by atoms with Gasteiger partial charge in [0.25, 0.3) is 5.91 Å². The fraction of sp³-hybridized carbons (Fsp3) is 0.436. The summed E-state index contributed by atoms with van der Waals surface area (Å²) < 4.78 is 7.24. The standard InChI is InChI=1S/C39H47N9O3/c1-25-8-7-9-26(2)33(25)43-34-32-24-41-37(44-35(32)46(6)45-34)42-31-12-10-28(11-13-31)29-16-20-47(21-17-29)36(49)30(23-40)22-27-14-18-48(19-15-27)38(50)51-39(3,4)5/h7-13,22,24,27,29H,14-21H2,1-6H3,(H,43,45)(H,41,42,44)/b30-22+. The minimum Gasteiger partial charge on any atom is -0.444 e.